The molecular formula is C16H19FN2. The van der Waals surface area contributed by atoms with E-state index in [2.05, 4.69) is 23.3 Å². The van der Waals surface area contributed by atoms with E-state index in [9.17, 15) is 4.39 Å². The molecule has 100 valence electrons. The van der Waals surface area contributed by atoms with Gasteiger partial charge in [-0.2, -0.15) is 0 Å². The van der Waals surface area contributed by atoms with Crippen molar-refractivity contribution in [2.45, 2.75) is 25.8 Å². The maximum atomic E-state index is 12.9. The maximum Gasteiger partial charge on any atom is 0.123 e. The van der Waals surface area contributed by atoms with Gasteiger partial charge in [0.2, 0.25) is 0 Å². The van der Waals surface area contributed by atoms with Crippen molar-refractivity contribution in [2.75, 3.05) is 6.54 Å². The van der Waals surface area contributed by atoms with Gasteiger partial charge in [-0.25, -0.2) is 4.39 Å². The van der Waals surface area contributed by atoms with E-state index in [1.165, 1.54) is 17.7 Å². The fraction of sp³-hybridized carbons (Fsp3) is 0.312. The minimum atomic E-state index is -0.186. The SMILES string of the molecule is CCC(NCCc1cccnc1)c1ccc(F)cc1. The number of pyridine rings is 1. The third kappa shape index (κ3) is 4.14. The van der Waals surface area contributed by atoms with Crippen molar-refractivity contribution < 1.29 is 4.39 Å². The van der Waals surface area contributed by atoms with Gasteiger partial charge in [0.05, 0.1) is 0 Å². The second kappa shape index (κ2) is 7.00. The van der Waals surface area contributed by atoms with Crippen LogP contribution in [0.3, 0.4) is 0 Å². The fourth-order valence-electron chi connectivity index (χ4n) is 2.13. The first-order valence-corrected chi connectivity index (χ1v) is 6.67. The lowest BCUT2D eigenvalue weighted by Crippen LogP contribution is -2.23. The predicted octanol–water partition coefficient (Wildman–Crippen LogP) is 3.50. The van der Waals surface area contributed by atoms with Gasteiger partial charge in [0.1, 0.15) is 5.82 Å². The minimum Gasteiger partial charge on any atom is -0.310 e. The van der Waals surface area contributed by atoms with E-state index in [1.807, 2.05) is 24.4 Å². The first-order valence-electron chi connectivity index (χ1n) is 6.67. The summed E-state index contributed by atoms with van der Waals surface area (Å²) in [5, 5.41) is 3.50. The Morgan fingerprint density at radius 2 is 2.00 bits per heavy atom. The normalized spacial score (nSPS) is 12.3. The highest BCUT2D eigenvalue weighted by atomic mass is 19.1. The number of nitrogens with zero attached hydrogens (tertiary/aromatic N) is 1. The number of aromatic nitrogens is 1. The van der Waals surface area contributed by atoms with Gasteiger partial charge in [-0.05, 0) is 48.7 Å². The third-order valence-corrected chi connectivity index (χ3v) is 3.21. The smallest absolute Gasteiger partial charge is 0.123 e. The van der Waals surface area contributed by atoms with Crippen molar-refractivity contribution in [2.24, 2.45) is 0 Å². The average molecular weight is 258 g/mol. The second-order valence-corrected chi connectivity index (χ2v) is 4.58. The lowest BCUT2D eigenvalue weighted by molar-refractivity contribution is 0.521. The molecule has 0 radical (unpaired) electrons. The summed E-state index contributed by atoms with van der Waals surface area (Å²) in [6, 6.07) is 11.0. The quantitative estimate of drug-likeness (QED) is 0.857. The molecule has 0 saturated carbocycles. The first kappa shape index (κ1) is 13.7. The molecule has 0 bridgehead atoms. The minimum absolute atomic E-state index is 0.186. The summed E-state index contributed by atoms with van der Waals surface area (Å²) in [5.74, 6) is -0.186. The largest absolute Gasteiger partial charge is 0.310 e. The molecule has 3 heteroatoms. The molecule has 1 aromatic heterocycles. The lowest BCUT2D eigenvalue weighted by Gasteiger charge is -2.17. The number of rotatable bonds is 6. The first-order chi connectivity index (χ1) is 9.29. The molecule has 0 aliphatic heterocycles. The maximum absolute atomic E-state index is 12.9. The van der Waals surface area contributed by atoms with Crippen LogP contribution in [0.5, 0.6) is 0 Å². The highest BCUT2D eigenvalue weighted by Crippen LogP contribution is 2.16. The number of nitrogens with one attached hydrogen (secondary N) is 1. The molecule has 0 saturated heterocycles. The van der Waals surface area contributed by atoms with Crippen LogP contribution < -0.4 is 5.32 Å². The van der Waals surface area contributed by atoms with Crippen LogP contribution in [-0.4, -0.2) is 11.5 Å². The molecule has 1 unspecified atom stereocenters. The van der Waals surface area contributed by atoms with E-state index >= 15 is 0 Å². The molecule has 0 aliphatic carbocycles. The van der Waals surface area contributed by atoms with E-state index in [1.54, 1.807) is 6.20 Å². The van der Waals surface area contributed by atoms with Crippen LogP contribution in [0.25, 0.3) is 0 Å². The van der Waals surface area contributed by atoms with Crippen LogP contribution in [0.1, 0.15) is 30.5 Å². The summed E-state index contributed by atoms with van der Waals surface area (Å²) in [6.45, 7) is 3.02. The number of hydrogen-bond donors (Lipinski definition) is 1. The number of benzene rings is 1. The molecular weight excluding hydrogens is 239 g/mol. The van der Waals surface area contributed by atoms with Gasteiger partial charge in [0.15, 0.2) is 0 Å². The van der Waals surface area contributed by atoms with Gasteiger partial charge in [-0.1, -0.05) is 25.1 Å². The number of hydrogen-bond acceptors (Lipinski definition) is 2. The van der Waals surface area contributed by atoms with Gasteiger partial charge in [0, 0.05) is 18.4 Å². The molecule has 0 aliphatic rings. The van der Waals surface area contributed by atoms with E-state index in [-0.39, 0.29) is 11.9 Å². The van der Waals surface area contributed by atoms with E-state index in [0.717, 1.165) is 24.9 Å². The molecule has 19 heavy (non-hydrogen) atoms. The Bertz CT molecular complexity index is 482. The van der Waals surface area contributed by atoms with Crippen molar-refractivity contribution in [3.8, 4) is 0 Å². The molecule has 2 nitrogen and oxygen atoms in total. The summed E-state index contributed by atoms with van der Waals surface area (Å²) < 4.78 is 12.9. The zero-order valence-corrected chi connectivity index (χ0v) is 11.1. The Morgan fingerprint density at radius 1 is 1.21 bits per heavy atom. The Hall–Kier alpha value is -1.74. The van der Waals surface area contributed by atoms with Crippen molar-refractivity contribution in [3.63, 3.8) is 0 Å². The second-order valence-electron chi connectivity index (χ2n) is 4.58. The zero-order chi connectivity index (χ0) is 13.5. The molecule has 0 fully saturated rings. The van der Waals surface area contributed by atoms with E-state index in [4.69, 9.17) is 0 Å². The van der Waals surface area contributed by atoms with Gasteiger partial charge in [0.25, 0.3) is 0 Å². The van der Waals surface area contributed by atoms with Gasteiger partial charge in [-0.15, -0.1) is 0 Å². The zero-order valence-electron chi connectivity index (χ0n) is 11.1. The van der Waals surface area contributed by atoms with Crippen molar-refractivity contribution in [3.05, 3.63) is 65.7 Å². The fourth-order valence-corrected chi connectivity index (χ4v) is 2.13. The van der Waals surface area contributed by atoms with Crippen LogP contribution in [0.2, 0.25) is 0 Å². The molecule has 2 rings (SSSR count). The number of halogens is 1. The van der Waals surface area contributed by atoms with E-state index < -0.39 is 0 Å². The summed E-state index contributed by atoms with van der Waals surface area (Å²) in [7, 11) is 0. The van der Waals surface area contributed by atoms with E-state index in [0.29, 0.717) is 0 Å². The van der Waals surface area contributed by atoms with Gasteiger partial charge < -0.3 is 5.32 Å². The average Bonchev–Trinajstić information content (AvgIpc) is 2.46. The Balaban J connectivity index is 1.87. The molecule has 1 aromatic carbocycles. The Labute approximate surface area is 113 Å². The highest BCUT2D eigenvalue weighted by molar-refractivity contribution is 5.20. The lowest BCUT2D eigenvalue weighted by atomic mass is 10.0. The Kier molecular flexibility index (Phi) is 5.04. The summed E-state index contributed by atoms with van der Waals surface area (Å²) in [6.07, 6.45) is 5.61. The molecule has 1 atom stereocenters. The summed E-state index contributed by atoms with van der Waals surface area (Å²) in [5.41, 5.74) is 2.36. The molecule has 2 aromatic rings. The highest BCUT2D eigenvalue weighted by Gasteiger charge is 2.08. The molecule has 0 amide bonds. The van der Waals surface area contributed by atoms with Crippen molar-refractivity contribution in [1.82, 2.24) is 10.3 Å². The van der Waals surface area contributed by atoms with Crippen LogP contribution in [0.15, 0.2) is 48.8 Å². The molecule has 1 heterocycles. The van der Waals surface area contributed by atoms with Crippen molar-refractivity contribution in [1.29, 1.82) is 0 Å². The van der Waals surface area contributed by atoms with Crippen LogP contribution in [0, 0.1) is 5.82 Å². The van der Waals surface area contributed by atoms with Crippen LogP contribution >= 0.6 is 0 Å². The summed E-state index contributed by atoms with van der Waals surface area (Å²) in [4.78, 5) is 4.10. The summed E-state index contributed by atoms with van der Waals surface area (Å²) >= 11 is 0. The monoisotopic (exact) mass is 258 g/mol. The predicted molar refractivity (Wildman–Crippen MR) is 75.4 cm³/mol. The molecule has 0 spiro atoms. The van der Waals surface area contributed by atoms with Crippen molar-refractivity contribution >= 4 is 0 Å². The van der Waals surface area contributed by atoms with Gasteiger partial charge >= 0.3 is 0 Å². The standard InChI is InChI=1S/C16H19FN2/c1-2-16(14-5-7-15(17)8-6-14)19-11-9-13-4-3-10-18-12-13/h3-8,10,12,16,19H,2,9,11H2,1H3. The Morgan fingerprint density at radius 3 is 2.63 bits per heavy atom. The molecule has 1 N–H and O–H groups in total. The van der Waals surface area contributed by atoms with Gasteiger partial charge in [-0.3, -0.25) is 4.98 Å². The van der Waals surface area contributed by atoms with Crippen LogP contribution in [-0.2, 0) is 6.42 Å². The van der Waals surface area contributed by atoms with Crippen LogP contribution in [0.4, 0.5) is 4.39 Å². The topological polar surface area (TPSA) is 24.9 Å². The third-order valence-electron chi connectivity index (χ3n) is 3.21.